The Labute approximate surface area is 217 Å². The number of fused-ring (bicyclic) bond motifs is 2. The lowest BCUT2D eigenvalue weighted by molar-refractivity contribution is 0.0733. The third-order valence-electron chi connectivity index (χ3n) is 7.95. The van der Waals surface area contributed by atoms with Crippen molar-refractivity contribution in [2.75, 3.05) is 44.8 Å². The van der Waals surface area contributed by atoms with Crippen LogP contribution in [0.25, 0.3) is 11.8 Å². The molecule has 1 aliphatic carbocycles. The largest absolute Gasteiger partial charge is 0.384 e. The summed E-state index contributed by atoms with van der Waals surface area (Å²) in [6, 6.07) is 13.6. The minimum atomic E-state index is -3.65. The number of anilines is 1. The van der Waals surface area contributed by atoms with Crippen LogP contribution in [0, 0.1) is 11.2 Å². The average Bonchev–Trinajstić information content (AvgIpc) is 3.58. The first kappa shape index (κ1) is 24.3. The second-order valence-electron chi connectivity index (χ2n) is 10.3. The second kappa shape index (κ2) is 9.38. The van der Waals surface area contributed by atoms with Crippen LogP contribution in [0.5, 0.6) is 0 Å². The lowest BCUT2D eigenvalue weighted by atomic mass is 9.69. The molecule has 0 radical (unpaired) electrons. The first-order valence-corrected chi connectivity index (χ1v) is 14.2. The van der Waals surface area contributed by atoms with Crippen LogP contribution >= 0.6 is 0 Å². The Bertz CT molecular complexity index is 1430. The van der Waals surface area contributed by atoms with Crippen molar-refractivity contribution in [3.63, 3.8) is 0 Å². The third kappa shape index (κ3) is 4.28. The molecule has 9 heteroatoms. The van der Waals surface area contributed by atoms with E-state index in [1.54, 1.807) is 35.7 Å². The van der Waals surface area contributed by atoms with Crippen molar-refractivity contribution in [1.82, 2.24) is 14.1 Å². The molecule has 3 aliphatic rings. The standard InChI is InChI=1S/C28H31FN4O3S/c1-36-20-28-17-21-18-30-33(25-6-4-23(29)5-7-25)27(21)16-22(28)12-15-32(19-28)37(34,35)26-10-8-24(9-11-26)31-13-2-3-14-31/h4-11,16,18H,2-3,12-15,17,19-20H2,1H3. The van der Waals surface area contributed by atoms with Crippen LogP contribution in [-0.2, 0) is 21.2 Å². The fraction of sp³-hybridized carbons (Fsp3) is 0.393. The van der Waals surface area contributed by atoms with Crippen molar-refractivity contribution in [2.45, 2.75) is 30.6 Å². The van der Waals surface area contributed by atoms with Crippen LogP contribution < -0.4 is 4.90 Å². The highest BCUT2D eigenvalue weighted by atomic mass is 32.2. The summed E-state index contributed by atoms with van der Waals surface area (Å²) in [6.45, 7) is 3.22. The zero-order chi connectivity index (χ0) is 25.6. The van der Waals surface area contributed by atoms with E-state index in [0.29, 0.717) is 37.4 Å². The summed E-state index contributed by atoms with van der Waals surface area (Å²) in [4.78, 5) is 2.63. The average molecular weight is 523 g/mol. The second-order valence-corrected chi connectivity index (χ2v) is 12.2. The summed E-state index contributed by atoms with van der Waals surface area (Å²) >= 11 is 0. The number of piperidine rings is 1. The fourth-order valence-electron chi connectivity index (χ4n) is 6.05. The lowest BCUT2D eigenvalue weighted by Gasteiger charge is -2.45. The van der Waals surface area contributed by atoms with Gasteiger partial charge >= 0.3 is 0 Å². The Morgan fingerprint density at radius 3 is 2.41 bits per heavy atom. The zero-order valence-corrected chi connectivity index (χ0v) is 21.8. The number of rotatable bonds is 6. The molecule has 3 aromatic rings. The molecule has 37 heavy (non-hydrogen) atoms. The predicted molar refractivity (Wildman–Crippen MR) is 141 cm³/mol. The van der Waals surface area contributed by atoms with Crippen LogP contribution in [-0.4, -0.2) is 62.4 Å². The molecule has 1 unspecified atom stereocenters. The van der Waals surface area contributed by atoms with Crippen molar-refractivity contribution in [3.8, 4) is 5.69 Å². The first-order chi connectivity index (χ1) is 17.9. The van der Waals surface area contributed by atoms with Crippen molar-refractivity contribution in [2.24, 2.45) is 5.41 Å². The highest BCUT2D eigenvalue weighted by Gasteiger charge is 2.46. The molecule has 0 N–H and O–H groups in total. The Hall–Kier alpha value is -3.01. The van der Waals surface area contributed by atoms with Gasteiger partial charge in [0, 0.05) is 44.4 Å². The number of aromatic nitrogens is 2. The molecule has 7 nitrogen and oxygen atoms in total. The molecule has 0 saturated carbocycles. The molecule has 0 spiro atoms. The molecule has 1 atom stereocenters. The molecule has 2 saturated heterocycles. The Morgan fingerprint density at radius 1 is 1.00 bits per heavy atom. The van der Waals surface area contributed by atoms with Gasteiger partial charge in [-0.15, -0.1) is 0 Å². The SMILES string of the molecule is COCC12Cc3cnn(-c4ccc(F)cc4)c3C=C1CCN(S(=O)(=O)c1ccc(N3CCCC3)cc1)C2. The van der Waals surface area contributed by atoms with E-state index in [1.165, 1.54) is 30.5 Å². The summed E-state index contributed by atoms with van der Waals surface area (Å²) in [7, 11) is -1.99. The van der Waals surface area contributed by atoms with Crippen molar-refractivity contribution < 1.29 is 17.5 Å². The van der Waals surface area contributed by atoms with Gasteiger partial charge in [0.05, 0.1) is 29.1 Å². The highest BCUT2D eigenvalue weighted by molar-refractivity contribution is 7.89. The fourth-order valence-corrected chi connectivity index (χ4v) is 7.57. The van der Waals surface area contributed by atoms with Crippen molar-refractivity contribution in [1.29, 1.82) is 0 Å². The Balaban J connectivity index is 1.29. The number of hydrogen-bond acceptors (Lipinski definition) is 5. The van der Waals surface area contributed by atoms with Crippen molar-refractivity contribution in [3.05, 3.63) is 77.4 Å². The summed E-state index contributed by atoms with van der Waals surface area (Å²) in [5, 5.41) is 4.58. The van der Waals surface area contributed by atoms with E-state index in [2.05, 4.69) is 16.1 Å². The number of methoxy groups -OCH3 is 1. The van der Waals surface area contributed by atoms with Gasteiger partial charge in [-0.25, -0.2) is 17.5 Å². The maximum absolute atomic E-state index is 13.7. The van der Waals surface area contributed by atoms with Gasteiger partial charge in [-0.2, -0.15) is 9.40 Å². The van der Waals surface area contributed by atoms with E-state index in [0.717, 1.165) is 35.7 Å². The third-order valence-corrected chi connectivity index (χ3v) is 9.81. The highest BCUT2D eigenvalue weighted by Crippen LogP contribution is 2.45. The monoisotopic (exact) mass is 522 g/mol. The molecular weight excluding hydrogens is 491 g/mol. The molecule has 0 bridgehead atoms. The molecule has 3 heterocycles. The number of hydrogen-bond donors (Lipinski definition) is 0. The molecule has 1 aromatic heterocycles. The normalized spacial score (nSPS) is 22.0. The summed E-state index contributed by atoms with van der Waals surface area (Å²) in [5.74, 6) is -0.290. The van der Waals surface area contributed by atoms with Gasteiger partial charge < -0.3 is 9.64 Å². The van der Waals surface area contributed by atoms with Gasteiger partial charge in [0.25, 0.3) is 0 Å². The quantitative estimate of drug-likeness (QED) is 0.484. The Kier molecular flexibility index (Phi) is 6.17. The van der Waals surface area contributed by atoms with Gasteiger partial charge in [0.1, 0.15) is 5.82 Å². The molecule has 2 aliphatic heterocycles. The topological polar surface area (TPSA) is 67.7 Å². The van der Waals surface area contributed by atoms with Gasteiger partial charge in [-0.1, -0.05) is 5.57 Å². The predicted octanol–water partition coefficient (Wildman–Crippen LogP) is 4.28. The maximum atomic E-state index is 13.7. The number of nitrogens with zero attached hydrogens (tertiary/aromatic N) is 4. The smallest absolute Gasteiger partial charge is 0.243 e. The van der Waals surface area contributed by atoms with Gasteiger partial charge in [0.15, 0.2) is 0 Å². The van der Waals surface area contributed by atoms with Crippen LogP contribution in [0.4, 0.5) is 10.1 Å². The van der Waals surface area contributed by atoms with Gasteiger partial charge in [-0.05, 0) is 85.9 Å². The molecule has 6 rings (SSSR count). The lowest BCUT2D eigenvalue weighted by Crippen LogP contribution is -2.51. The molecule has 194 valence electrons. The van der Waals surface area contributed by atoms with E-state index < -0.39 is 15.4 Å². The Morgan fingerprint density at radius 2 is 1.70 bits per heavy atom. The molecule has 2 fully saturated rings. The zero-order valence-electron chi connectivity index (χ0n) is 20.9. The summed E-state index contributed by atoms with van der Waals surface area (Å²) in [5.41, 5.74) is 4.56. The number of sulfonamides is 1. The maximum Gasteiger partial charge on any atom is 0.243 e. The molecule has 2 aromatic carbocycles. The van der Waals surface area contributed by atoms with Crippen molar-refractivity contribution >= 4 is 21.8 Å². The van der Waals surface area contributed by atoms with E-state index in [4.69, 9.17) is 4.74 Å². The summed E-state index contributed by atoms with van der Waals surface area (Å²) < 4.78 is 50.0. The van der Waals surface area contributed by atoms with Crippen LogP contribution in [0.3, 0.4) is 0 Å². The van der Waals surface area contributed by atoms with Crippen LogP contribution in [0.2, 0.25) is 0 Å². The minimum absolute atomic E-state index is 0.290. The van der Waals surface area contributed by atoms with E-state index in [9.17, 15) is 12.8 Å². The van der Waals surface area contributed by atoms with Crippen LogP contribution in [0.15, 0.2) is 65.2 Å². The molecule has 0 amide bonds. The van der Waals surface area contributed by atoms with Gasteiger partial charge in [-0.3, -0.25) is 0 Å². The minimum Gasteiger partial charge on any atom is -0.384 e. The van der Waals surface area contributed by atoms with E-state index in [1.807, 2.05) is 23.0 Å². The van der Waals surface area contributed by atoms with Crippen LogP contribution in [0.1, 0.15) is 30.5 Å². The number of ether oxygens (including phenoxy) is 1. The van der Waals surface area contributed by atoms with E-state index >= 15 is 0 Å². The number of halogens is 1. The summed E-state index contributed by atoms with van der Waals surface area (Å²) in [6.07, 6.45) is 7.55. The first-order valence-electron chi connectivity index (χ1n) is 12.8. The number of benzene rings is 2. The van der Waals surface area contributed by atoms with Gasteiger partial charge in [0.2, 0.25) is 10.0 Å². The van der Waals surface area contributed by atoms with E-state index in [-0.39, 0.29) is 5.82 Å². The molecular formula is C28H31FN4O3S.